The van der Waals surface area contributed by atoms with E-state index in [-0.39, 0.29) is 12.0 Å². The highest BCUT2D eigenvalue weighted by Crippen LogP contribution is 2.51. The SMILES string of the molecule is COC(=O)c1ccc2c(c1C)N[C@H](c1cccc(Br)c1)[C@@H]1CC=C[C@H]21. The third-order valence-corrected chi connectivity index (χ3v) is 5.90. The van der Waals surface area contributed by atoms with Crippen LogP contribution >= 0.6 is 15.9 Å². The Morgan fingerprint density at radius 3 is 2.88 bits per heavy atom. The quantitative estimate of drug-likeness (QED) is 0.546. The highest BCUT2D eigenvalue weighted by Gasteiger charge is 2.39. The average molecular weight is 398 g/mol. The molecule has 4 rings (SSSR count). The second-order valence-electron chi connectivity index (χ2n) is 6.72. The van der Waals surface area contributed by atoms with Gasteiger partial charge in [-0.05, 0) is 54.2 Å². The predicted molar refractivity (Wildman–Crippen MR) is 103 cm³/mol. The number of rotatable bonds is 2. The molecule has 0 spiro atoms. The summed E-state index contributed by atoms with van der Waals surface area (Å²) in [4.78, 5) is 12.1. The largest absolute Gasteiger partial charge is 0.465 e. The topological polar surface area (TPSA) is 38.3 Å². The molecule has 0 aromatic heterocycles. The molecule has 4 heteroatoms. The van der Waals surface area contributed by atoms with Crippen LogP contribution in [0.15, 0.2) is 53.0 Å². The number of methoxy groups -OCH3 is 1. The molecule has 25 heavy (non-hydrogen) atoms. The van der Waals surface area contributed by atoms with Crippen molar-refractivity contribution in [1.29, 1.82) is 0 Å². The van der Waals surface area contributed by atoms with Crippen LogP contribution in [0.4, 0.5) is 5.69 Å². The Morgan fingerprint density at radius 1 is 1.28 bits per heavy atom. The van der Waals surface area contributed by atoms with Gasteiger partial charge in [0.25, 0.3) is 0 Å². The van der Waals surface area contributed by atoms with Crippen LogP contribution in [-0.2, 0) is 4.74 Å². The van der Waals surface area contributed by atoms with Crippen LogP contribution in [0.3, 0.4) is 0 Å². The number of ether oxygens (including phenoxy) is 1. The van der Waals surface area contributed by atoms with Crippen LogP contribution in [0.1, 0.15) is 45.4 Å². The number of anilines is 1. The Morgan fingerprint density at radius 2 is 2.12 bits per heavy atom. The monoisotopic (exact) mass is 397 g/mol. The standard InChI is InChI=1S/C21H20BrNO2/c1-12-15(21(24)25-2)9-10-18-16-7-4-8-17(16)20(23-19(12)18)13-5-3-6-14(22)11-13/h3-7,9-11,16-17,20,23H,8H2,1-2H3/t16-,17+,20+/m0/s1. The number of halogens is 1. The third-order valence-electron chi connectivity index (χ3n) is 5.41. The van der Waals surface area contributed by atoms with Gasteiger partial charge < -0.3 is 10.1 Å². The van der Waals surface area contributed by atoms with E-state index in [0.717, 1.165) is 22.1 Å². The van der Waals surface area contributed by atoms with Gasteiger partial charge in [0.1, 0.15) is 0 Å². The molecule has 3 atom stereocenters. The summed E-state index contributed by atoms with van der Waals surface area (Å²) in [6.07, 6.45) is 5.65. The highest BCUT2D eigenvalue weighted by molar-refractivity contribution is 9.10. The number of allylic oxidation sites excluding steroid dienone is 2. The summed E-state index contributed by atoms with van der Waals surface area (Å²) < 4.78 is 6.02. The van der Waals surface area contributed by atoms with Gasteiger partial charge in [0, 0.05) is 16.1 Å². The minimum Gasteiger partial charge on any atom is -0.465 e. The molecule has 0 unspecified atom stereocenters. The fourth-order valence-corrected chi connectivity index (χ4v) is 4.59. The molecule has 1 aliphatic carbocycles. The van der Waals surface area contributed by atoms with Gasteiger partial charge in [0.15, 0.2) is 0 Å². The van der Waals surface area contributed by atoms with Gasteiger partial charge in [-0.25, -0.2) is 4.79 Å². The first-order chi connectivity index (χ1) is 12.1. The van der Waals surface area contributed by atoms with Gasteiger partial charge in [-0.3, -0.25) is 0 Å². The molecule has 0 radical (unpaired) electrons. The zero-order valence-corrected chi connectivity index (χ0v) is 15.8. The van der Waals surface area contributed by atoms with E-state index in [4.69, 9.17) is 4.74 Å². The molecule has 0 saturated carbocycles. The van der Waals surface area contributed by atoms with E-state index in [9.17, 15) is 4.79 Å². The fraction of sp³-hybridized carbons (Fsp3) is 0.286. The minimum absolute atomic E-state index is 0.219. The first-order valence-corrected chi connectivity index (χ1v) is 9.30. The zero-order valence-electron chi connectivity index (χ0n) is 14.3. The van der Waals surface area contributed by atoms with Crippen molar-refractivity contribution in [3.8, 4) is 0 Å². The molecule has 1 aliphatic heterocycles. The van der Waals surface area contributed by atoms with E-state index >= 15 is 0 Å². The van der Waals surface area contributed by atoms with Crippen molar-refractivity contribution in [3.05, 3.63) is 75.3 Å². The van der Waals surface area contributed by atoms with Gasteiger partial charge in [0.2, 0.25) is 0 Å². The van der Waals surface area contributed by atoms with Gasteiger partial charge >= 0.3 is 5.97 Å². The first kappa shape index (κ1) is 16.4. The summed E-state index contributed by atoms with van der Waals surface area (Å²) in [7, 11) is 1.43. The van der Waals surface area contributed by atoms with Crippen molar-refractivity contribution in [2.24, 2.45) is 5.92 Å². The van der Waals surface area contributed by atoms with Crippen LogP contribution < -0.4 is 5.32 Å². The molecule has 2 aliphatic rings. The number of fused-ring (bicyclic) bond motifs is 3. The lowest BCUT2D eigenvalue weighted by Crippen LogP contribution is -2.30. The highest BCUT2D eigenvalue weighted by atomic mass is 79.9. The molecule has 0 saturated heterocycles. The van der Waals surface area contributed by atoms with Crippen LogP contribution in [-0.4, -0.2) is 13.1 Å². The van der Waals surface area contributed by atoms with Crippen LogP contribution in [0.25, 0.3) is 0 Å². The smallest absolute Gasteiger partial charge is 0.338 e. The van der Waals surface area contributed by atoms with Crippen molar-refractivity contribution < 1.29 is 9.53 Å². The first-order valence-electron chi connectivity index (χ1n) is 8.50. The van der Waals surface area contributed by atoms with Gasteiger partial charge in [0.05, 0.1) is 18.7 Å². The van der Waals surface area contributed by atoms with Crippen LogP contribution in [0.5, 0.6) is 0 Å². The van der Waals surface area contributed by atoms with Crippen LogP contribution in [0.2, 0.25) is 0 Å². The molecule has 1 heterocycles. The Labute approximate surface area is 156 Å². The number of benzene rings is 2. The molecule has 2 aromatic rings. The lowest BCUT2D eigenvalue weighted by atomic mass is 9.76. The molecule has 0 bridgehead atoms. The number of hydrogen-bond donors (Lipinski definition) is 1. The van der Waals surface area contributed by atoms with E-state index in [0.29, 0.717) is 17.4 Å². The Balaban J connectivity index is 1.83. The summed E-state index contributed by atoms with van der Waals surface area (Å²) in [5.74, 6) is 0.584. The molecule has 0 fully saturated rings. The number of nitrogens with one attached hydrogen (secondary N) is 1. The van der Waals surface area contributed by atoms with E-state index in [2.05, 4.69) is 57.7 Å². The Bertz CT molecular complexity index is 874. The van der Waals surface area contributed by atoms with Gasteiger partial charge in [-0.1, -0.05) is 46.3 Å². The summed E-state index contributed by atoms with van der Waals surface area (Å²) >= 11 is 3.58. The lowest BCUT2D eigenvalue weighted by molar-refractivity contribution is 0.0600. The molecular formula is C21H20BrNO2. The lowest BCUT2D eigenvalue weighted by Gasteiger charge is -2.38. The number of hydrogen-bond acceptors (Lipinski definition) is 3. The Kier molecular flexibility index (Phi) is 4.16. The van der Waals surface area contributed by atoms with Crippen molar-refractivity contribution >= 4 is 27.6 Å². The number of carbonyl (C=O) groups excluding carboxylic acids is 1. The van der Waals surface area contributed by atoms with E-state index in [1.807, 2.05) is 19.1 Å². The number of esters is 1. The molecule has 0 amide bonds. The van der Waals surface area contributed by atoms with Crippen LogP contribution in [0, 0.1) is 12.8 Å². The minimum atomic E-state index is -0.287. The average Bonchev–Trinajstić information content (AvgIpc) is 3.11. The summed E-state index contributed by atoms with van der Waals surface area (Å²) in [5, 5.41) is 3.73. The fourth-order valence-electron chi connectivity index (χ4n) is 4.18. The molecule has 3 nitrogen and oxygen atoms in total. The molecule has 1 N–H and O–H groups in total. The second kappa shape index (κ2) is 6.34. The Hall–Kier alpha value is -2.07. The maximum absolute atomic E-state index is 12.1. The summed E-state index contributed by atoms with van der Waals surface area (Å²) in [5.41, 5.74) is 5.20. The number of carbonyl (C=O) groups is 1. The predicted octanol–water partition coefficient (Wildman–Crippen LogP) is 5.37. The van der Waals surface area contributed by atoms with Crippen molar-refractivity contribution in [2.45, 2.75) is 25.3 Å². The summed E-state index contributed by atoms with van der Waals surface area (Å²) in [6.45, 7) is 2.00. The molecular weight excluding hydrogens is 378 g/mol. The second-order valence-corrected chi connectivity index (χ2v) is 7.64. The summed E-state index contributed by atoms with van der Waals surface area (Å²) in [6, 6.07) is 12.7. The van der Waals surface area contributed by atoms with Gasteiger partial charge in [-0.15, -0.1) is 0 Å². The van der Waals surface area contributed by atoms with Gasteiger partial charge in [-0.2, -0.15) is 0 Å². The van der Waals surface area contributed by atoms with E-state index in [1.54, 1.807) is 0 Å². The molecule has 128 valence electrons. The zero-order chi connectivity index (χ0) is 17.6. The van der Waals surface area contributed by atoms with Crippen molar-refractivity contribution in [2.75, 3.05) is 12.4 Å². The maximum atomic E-state index is 12.1. The maximum Gasteiger partial charge on any atom is 0.338 e. The molecule has 2 aromatic carbocycles. The van der Waals surface area contributed by atoms with E-state index < -0.39 is 0 Å². The van der Waals surface area contributed by atoms with Crippen molar-refractivity contribution in [1.82, 2.24) is 0 Å². The third kappa shape index (κ3) is 2.69. The van der Waals surface area contributed by atoms with Crippen molar-refractivity contribution in [3.63, 3.8) is 0 Å². The van der Waals surface area contributed by atoms with E-state index in [1.165, 1.54) is 18.2 Å². The normalized spacial score (nSPS) is 23.6.